The third kappa shape index (κ3) is 3.08. The first kappa shape index (κ1) is 12.1. The average molecular weight is 244 g/mol. The first-order chi connectivity index (χ1) is 8.31. The van der Waals surface area contributed by atoms with Gasteiger partial charge in [0.1, 0.15) is 5.03 Å². The Morgan fingerprint density at radius 1 is 1.18 bits per heavy atom. The lowest BCUT2D eigenvalue weighted by Gasteiger charge is -2.08. The lowest BCUT2D eigenvalue weighted by molar-refractivity contribution is 0.789. The predicted molar refractivity (Wildman–Crippen MR) is 72.3 cm³/mol. The standard InChI is InChI=1S/C14H16N2S/c1-11-6-3-4-8-13(11)17-14-12(10-15-2)7-5-9-16-14/h3-9,15H,10H2,1-2H3. The maximum Gasteiger partial charge on any atom is 0.105 e. The summed E-state index contributed by atoms with van der Waals surface area (Å²) < 4.78 is 0. The van der Waals surface area contributed by atoms with Crippen molar-refractivity contribution >= 4 is 11.8 Å². The van der Waals surface area contributed by atoms with Gasteiger partial charge >= 0.3 is 0 Å². The number of nitrogens with one attached hydrogen (secondary N) is 1. The number of pyridine rings is 1. The molecule has 0 spiro atoms. The highest BCUT2D eigenvalue weighted by atomic mass is 32.2. The van der Waals surface area contributed by atoms with Crippen LogP contribution in [0.2, 0.25) is 0 Å². The quantitative estimate of drug-likeness (QED) is 0.893. The van der Waals surface area contributed by atoms with Gasteiger partial charge < -0.3 is 5.32 Å². The van der Waals surface area contributed by atoms with E-state index in [0.717, 1.165) is 11.6 Å². The molecule has 0 aliphatic carbocycles. The fourth-order valence-corrected chi connectivity index (χ4v) is 2.58. The van der Waals surface area contributed by atoms with E-state index >= 15 is 0 Å². The van der Waals surface area contributed by atoms with Gasteiger partial charge in [-0.3, -0.25) is 0 Å². The number of benzene rings is 1. The zero-order valence-corrected chi connectivity index (χ0v) is 10.9. The molecule has 2 rings (SSSR count). The van der Waals surface area contributed by atoms with Crippen LogP contribution in [0.25, 0.3) is 0 Å². The van der Waals surface area contributed by atoms with Crippen molar-refractivity contribution in [3.63, 3.8) is 0 Å². The Bertz CT molecular complexity index is 497. The van der Waals surface area contributed by atoms with E-state index in [9.17, 15) is 0 Å². The van der Waals surface area contributed by atoms with Crippen LogP contribution >= 0.6 is 11.8 Å². The van der Waals surface area contributed by atoms with Gasteiger partial charge in [0.25, 0.3) is 0 Å². The van der Waals surface area contributed by atoms with Crippen LogP contribution in [0.4, 0.5) is 0 Å². The Morgan fingerprint density at radius 3 is 2.76 bits per heavy atom. The second-order valence-corrected chi connectivity index (χ2v) is 4.90. The van der Waals surface area contributed by atoms with Crippen molar-refractivity contribution in [1.82, 2.24) is 10.3 Å². The van der Waals surface area contributed by atoms with Crippen molar-refractivity contribution in [3.05, 3.63) is 53.7 Å². The molecule has 0 aliphatic rings. The minimum atomic E-state index is 0.849. The summed E-state index contributed by atoms with van der Waals surface area (Å²) in [7, 11) is 1.95. The van der Waals surface area contributed by atoms with Crippen molar-refractivity contribution in [2.24, 2.45) is 0 Å². The minimum absolute atomic E-state index is 0.849. The second-order valence-electron chi connectivity index (χ2n) is 3.87. The Morgan fingerprint density at radius 2 is 2.00 bits per heavy atom. The molecule has 0 unspecified atom stereocenters. The second kappa shape index (κ2) is 5.84. The van der Waals surface area contributed by atoms with E-state index in [2.05, 4.69) is 47.6 Å². The molecule has 0 bridgehead atoms. The molecule has 0 saturated carbocycles. The van der Waals surface area contributed by atoms with Crippen LogP contribution in [0.5, 0.6) is 0 Å². The molecule has 1 heterocycles. The fraction of sp³-hybridized carbons (Fsp3) is 0.214. The number of aryl methyl sites for hydroxylation is 1. The molecule has 0 amide bonds. The molecule has 17 heavy (non-hydrogen) atoms. The molecule has 88 valence electrons. The summed E-state index contributed by atoms with van der Waals surface area (Å²) in [6, 6.07) is 12.5. The van der Waals surface area contributed by atoms with E-state index in [0.29, 0.717) is 0 Å². The summed E-state index contributed by atoms with van der Waals surface area (Å²) in [5.74, 6) is 0. The molecule has 0 atom stereocenters. The fourth-order valence-electron chi connectivity index (χ4n) is 1.62. The van der Waals surface area contributed by atoms with Gasteiger partial charge in [0.15, 0.2) is 0 Å². The van der Waals surface area contributed by atoms with E-state index in [4.69, 9.17) is 0 Å². The van der Waals surface area contributed by atoms with Crippen molar-refractivity contribution in [2.45, 2.75) is 23.4 Å². The van der Waals surface area contributed by atoms with Gasteiger partial charge in [-0.1, -0.05) is 36.0 Å². The summed E-state index contributed by atoms with van der Waals surface area (Å²) >= 11 is 1.73. The average Bonchev–Trinajstić information content (AvgIpc) is 2.35. The maximum absolute atomic E-state index is 4.46. The Hall–Kier alpha value is -1.32. The molecule has 3 heteroatoms. The molecule has 1 aromatic carbocycles. The zero-order valence-electron chi connectivity index (χ0n) is 10.1. The lowest BCUT2D eigenvalue weighted by Crippen LogP contribution is -2.06. The van der Waals surface area contributed by atoms with Crippen molar-refractivity contribution in [3.8, 4) is 0 Å². The number of hydrogen-bond acceptors (Lipinski definition) is 3. The van der Waals surface area contributed by atoms with Crippen molar-refractivity contribution < 1.29 is 0 Å². The monoisotopic (exact) mass is 244 g/mol. The van der Waals surface area contributed by atoms with E-state index in [1.807, 2.05) is 19.3 Å². The highest BCUT2D eigenvalue weighted by molar-refractivity contribution is 7.99. The number of hydrogen-bond donors (Lipinski definition) is 1. The lowest BCUT2D eigenvalue weighted by atomic mass is 10.2. The molecule has 0 aliphatic heterocycles. The largest absolute Gasteiger partial charge is 0.316 e. The highest BCUT2D eigenvalue weighted by Crippen LogP contribution is 2.30. The minimum Gasteiger partial charge on any atom is -0.316 e. The van der Waals surface area contributed by atoms with Crippen LogP contribution in [0.3, 0.4) is 0 Å². The molecule has 0 fully saturated rings. The number of nitrogens with zero attached hydrogens (tertiary/aromatic N) is 1. The number of aromatic nitrogens is 1. The van der Waals surface area contributed by atoms with Crippen LogP contribution < -0.4 is 5.32 Å². The van der Waals surface area contributed by atoms with Crippen LogP contribution in [-0.4, -0.2) is 12.0 Å². The summed E-state index contributed by atoms with van der Waals surface area (Å²) in [5, 5.41) is 4.25. The van der Waals surface area contributed by atoms with E-state index < -0.39 is 0 Å². The van der Waals surface area contributed by atoms with Crippen molar-refractivity contribution in [1.29, 1.82) is 0 Å². The van der Waals surface area contributed by atoms with Crippen LogP contribution in [0.1, 0.15) is 11.1 Å². The Balaban J connectivity index is 2.27. The molecular weight excluding hydrogens is 228 g/mol. The van der Waals surface area contributed by atoms with Crippen LogP contribution in [0, 0.1) is 6.92 Å². The first-order valence-corrected chi connectivity index (χ1v) is 6.45. The maximum atomic E-state index is 4.46. The Labute approximate surface area is 106 Å². The Kier molecular flexibility index (Phi) is 4.18. The zero-order chi connectivity index (χ0) is 12.1. The van der Waals surface area contributed by atoms with Gasteiger partial charge in [-0.2, -0.15) is 0 Å². The SMILES string of the molecule is CNCc1cccnc1Sc1ccccc1C. The molecule has 0 radical (unpaired) electrons. The van der Waals surface area contributed by atoms with Gasteiger partial charge in [0.2, 0.25) is 0 Å². The van der Waals surface area contributed by atoms with Crippen LogP contribution in [-0.2, 0) is 6.54 Å². The topological polar surface area (TPSA) is 24.9 Å². The van der Waals surface area contributed by atoms with Gasteiger partial charge in [-0.05, 0) is 37.2 Å². The predicted octanol–water partition coefficient (Wildman–Crippen LogP) is 3.26. The van der Waals surface area contributed by atoms with E-state index in [1.165, 1.54) is 16.0 Å². The van der Waals surface area contributed by atoms with Gasteiger partial charge in [0, 0.05) is 17.6 Å². The molecule has 1 N–H and O–H groups in total. The third-order valence-corrected chi connectivity index (χ3v) is 3.76. The third-order valence-electron chi connectivity index (χ3n) is 2.52. The van der Waals surface area contributed by atoms with Crippen LogP contribution in [0.15, 0.2) is 52.5 Å². The highest BCUT2D eigenvalue weighted by Gasteiger charge is 2.06. The summed E-state index contributed by atoms with van der Waals surface area (Å²) in [6.45, 7) is 2.98. The van der Waals surface area contributed by atoms with Gasteiger partial charge in [-0.15, -0.1) is 0 Å². The molecule has 2 nitrogen and oxygen atoms in total. The summed E-state index contributed by atoms with van der Waals surface area (Å²) in [6.07, 6.45) is 1.85. The van der Waals surface area contributed by atoms with Crippen molar-refractivity contribution in [2.75, 3.05) is 7.05 Å². The smallest absolute Gasteiger partial charge is 0.105 e. The van der Waals surface area contributed by atoms with E-state index in [-0.39, 0.29) is 0 Å². The summed E-state index contributed by atoms with van der Waals surface area (Å²) in [4.78, 5) is 5.72. The normalized spacial score (nSPS) is 10.5. The molecule has 1 aromatic heterocycles. The molecular formula is C14H16N2S. The van der Waals surface area contributed by atoms with Gasteiger partial charge in [-0.25, -0.2) is 4.98 Å². The van der Waals surface area contributed by atoms with E-state index in [1.54, 1.807) is 11.8 Å². The number of rotatable bonds is 4. The molecule has 0 saturated heterocycles. The molecule has 2 aromatic rings. The summed E-state index contributed by atoms with van der Waals surface area (Å²) in [5.41, 5.74) is 2.53. The van der Waals surface area contributed by atoms with Gasteiger partial charge in [0.05, 0.1) is 0 Å². The first-order valence-electron chi connectivity index (χ1n) is 5.63.